The third-order valence-electron chi connectivity index (χ3n) is 4.56. The third kappa shape index (κ3) is 8.03. The molecule has 6 nitrogen and oxygen atoms in total. The number of unbranched alkanes of at least 4 members (excludes halogenated alkanes) is 1. The van der Waals surface area contributed by atoms with Crippen LogP contribution in [0, 0.1) is 5.82 Å². The normalized spacial score (nSPS) is 11.9. The summed E-state index contributed by atoms with van der Waals surface area (Å²) in [6.45, 7) is 1.92. The molecule has 7 heteroatoms. The highest BCUT2D eigenvalue weighted by atomic mass is 19.1. The summed E-state index contributed by atoms with van der Waals surface area (Å²) in [7, 11) is 0. The Hall–Kier alpha value is -3.22. The number of nitrogens with one attached hydrogen (secondary N) is 1. The minimum atomic E-state index is -0.837. The highest BCUT2D eigenvalue weighted by Gasteiger charge is 2.22. The summed E-state index contributed by atoms with van der Waals surface area (Å²) in [5, 5.41) is 6.21. The van der Waals surface area contributed by atoms with E-state index in [1.807, 2.05) is 24.3 Å². The van der Waals surface area contributed by atoms with Gasteiger partial charge in [0, 0.05) is 12.8 Å². The van der Waals surface area contributed by atoms with Gasteiger partial charge in [0.05, 0.1) is 12.8 Å². The summed E-state index contributed by atoms with van der Waals surface area (Å²) < 4.78 is 18.5. The van der Waals surface area contributed by atoms with E-state index in [2.05, 4.69) is 10.4 Å². The van der Waals surface area contributed by atoms with Gasteiger partial charge in [-0.2, -0.15) is 5.10 Å². The van der Waals surface area contributed by atoms with E-state index in [1.165, 1.54) is 17.7 Å². The Labute approximate surface area is 176 Å². The SMILES string of the molecule is CCOC(=O)C(Cc1cccc(F)c1)NC(=O)CCCCc1ccc(C=NN)cc1. The van der Waals surface area contributed by atoms with Gasteiger partial charge < -0.3 is 15.9 Å². The largest absolute Gasteiger partial charge is 0.464 e. The average molecular weight is 413 g/mol. The first kappa shape index (κ1) is 23.1. The molecule has 1 unspecified atom stereocenters. The van der Waals surface area contributed by atoms with Crippen molar-refractivity contribution in [2.45, 2.75) is 45.1 Å². The van der Waals surface area contributed by atoms with E-state index in [4.69, 9.17) is 10.6 Å². The molecule has 0 saturated heterocycles. The molecule has 3 N–H and O–H groups in total. The standard InChI is InChI=1S/C23H28FN3O3/c1-2-30-23(29)21(15-19-7-5-8-20(24)14-19)27-22(28)9-4-3-6-17-10-12-18(13-11-17)16-26-25/h5,7-8,10-14,16,21H,2-4,6,9,15,25H2,1H3,(H,27,28). The number of ether oxygens (including phenoxy) is 1. The molecule has 0 radical (unpaired) electrons. The number of esters is 1. The molecule has 0 aliphatic carbocycles. The lowest BCUT2D eigenvalue weighted by Gasteiger charge is -2.17. The molecular formula is C23H28FN3O3. The molecule has 0 aliphatic rings. The van der Waals surface area contributed by atoms with Crippen LogP contribution in [0.2, 0.25) is 0 Å². The molecule has 0 bridgehead atoms. The number of amides is 1. The van der Waals surface area contributed by atoms with Crippen molar-refractivity contribution >= 4 is 18.1 Å². The number of halogens is 1. The first-order valence-corrected chi connectivity index (χ1v) is 10.0. The quantitative estimate of drug-likeness (QED) is 0.195. The van der Waals surface area contributed by atoms with Crippen molar-refractivity contribution in [2.24, 2.45) is 10.9 Å². The van der Waals surface area contributed by atoms with E-state index in [9.17, 15) is 14.0 Å². The number of carbonyl (C=O) groups is 2. The topological polar surface area (TPSA) is 93.8 Å². The second-order valence-corrected chi connectivity index (χ2v) is 6.93. The summed E-state index contributed by atoms with van der Waals surface area (Å²) in [6.07, 6.45) is 4.44. The number of carbonyl (C=O) groups excluding carboxylic acids is 2. The van der Waals surface area contributed by atoms with Crippen molar-refractivity contribution in [3.05, 3.63) is 71.0 Å². The zero-order chi connectivity index (χ0) is 21.8. The van der Waals surface area contributed by atoms with Crippen molar-refractivity contribution in [1.82, 2.24) is 5.32 Å². The number of aryl methyl sites for hydroxylation is 1. The van der Waals surface area contributed by atoms with Crippen LogP contribution in [0.1, 0.15) is 42.9 Å². The summed E-state index contributed by atoms with van der Waals surface area (Å²) in [6, 6.07) is 13.0. The zero-order valence-electron chi connectivity index (χ0n) is 17.1. The lowest BCUT2D eigenvalue weighted by Crippen LogP contribution is -2.43. The Bertz CT molecular complexity index is 853. The fraction of sp³-hybridized carbons (Fsp3) is 0.348. The van der Waals surface area contributed by atoms with Gasteiger partial charge >= 0.3 is 5.97 Å². The van der Waals surface area contributed by atoms with E-state index in [-0.39, 0.29) is 24.8 Å². The Kier molecular flexibility index (Phi) is 9.51. The lowest BCUT2D eigenvalue weighted by atomic mass is 10.0. The molecule has 2 rings (SSSR count). The Morgan fingerprint density at radius 3 is 2.60 bits per heavy atom. The van der Waals surface area contributed by atoms with E-state index in [0.717, 1.165) is 18.4 Å². The number of benzene rings is 2. The second kappa shape index (κ2) is 12.4. The first-order valence-electron chi connectivity index (χ1n) is 10.0. The summed E-state index contributed by atoms with van der Waals surface area (Å²) in [5.74, 6) is 4.01. The molecule has 0 heterocycles. The highest BCUT2D eigenvalue weighted by molar-refractivity contribution is 5.84. The molecule has 160 valence electrons. The van der Waals surface area contributed by atoms with Gasteiger partial charge in [-0.3, -0.25) is 4.79 Å². The van der Waals surface area contributed by atoms with Gasteiger partial charge in [-0.15, -0.1) is 0 Å². The van der Waals surface area contributed by atoms with E-state index in [0.29, 0.717) is 18.4 Å². The predicted molar refractivity (Wildman–Crippen MR) is 114 cm³/mol. The Morgan fingerprint density at radius 2 is 1.93 bits per heavy atom. The van der Waals surface area contributed by atoms with Crippen LogP contribution in [0.4, 0.5) is 4.39 Å². The monoisotopic (exact) mass is 413 g/mol. The number of hydrazone groups is 1. The Morgan fingerprint density at radius 1 is 1.17 bits per heavy atom. The summed E-state index contributed by atoms with van der Waals surface area (Å²) >= 11 is 0. The fourth-order valence-electron chi connectivity index (χ4n) is 3.07. The molecule has 30 heavy (non-hydrogen) atoms. The maximum atomic E-state index is 13.4. The minimum Gasteiger partial charge on any atom is -0.464 e. The molecular weight excluding hydrogens is 385 g/mol. The van der Waals surface area contributed by atoms with Crippen LogP contribution >= 0.6 is 0 Å². The summed E-state index contributed by atoms with van der Waals surface area (Å²) in [4.78, 5) is 24.5. The van der Waals surface area contributed by atoms with Gasteiger partial charge in [0.1, 0.15) is 11.9 Å². The highest BCUT2D eigenvalue weighted by Crippen LogP contribution is 2.10. The fourth-order valence-corrected chi connectivity index (χ4v) is 3.07. The first-order chi connectivity index (χ1) is 14.5. The van der Waals surface area contributed by atoms with Gasteiger partial charge in [-0.1, -0.05) is 36.4 Å². The zero-order valence-corrected chi connectivity index (χ0v) is 17.1. The number of nitrogens with two attached hydrogens (primary N) is 1. The van der Waals surface area contributed by atoms with Crippen molar-refractivity contribution < 1.29 is 18.7 Å². The van der Waals surface area contributed by atoms with Crippen LogP contribution in [0.25, 0.3) is 0 Å². The average Bonchev–Trinajstić information content (AvgIpc) is 2.72. The Balaban J connectivity index is 1.82. The molecule has 1 atom stereocenters. The second-order valence-electron chi connectivity index (χ2n) is 6.93. The maximum Gasteiger partial charge on any atom is 0.328 e. The van der Waals surface area contributed by atoms with Crippen LogP contribution in [0.5, 0.6) is 0 Å². The van der Waals surface area contributed by atoms with Crippen molar-refractivity contribution in [3.8, 4) is 0 Å². The van der Waals surface area contributed by atoms with Crippen LogP contribution < -0.4 is 11.2 Å². The van der Waals surface area contributed by atoms with Gasteiger partial charge in [-0.25, -0.2) is 9.18 Å². The number of hydrogen-bond acceptors (Lipinski definition) is 5. The molecule has 1 amide bonds. The minimum absolute atomic E-state index is 0.181. The smallest absolute Gasteiger partial charge is 0.328 e. The van der Waals surface area contributed by atoms with Gasteiger partial charge in [0.2, 0.25) is 5.91 Å². The van der Waals surface area contributed by atoms with Crippen LogP contribution in [0.15, 0.2) is 53.6 Å². The maximum absolute atomic E-state index is 13.4. The van der Waals surface area contributed by atoms with E-state index < -0.39 is 12.0 Å². The number of nitrogens with zero attached hydrogens (tertiary/aromatic N) is 1. The predicted octanol–water partition coefficient (Wildman–Crippen LogP) is 3.12. The molecule has 0 spiro atoms. The molecule has 0 saturated carbocycles. The molecule has 2 aromatic rings. The van der Waals surface area contributed by atoms with Crippen LogP contribution in [0.3, 0.4) is 0 Å². The van der Waals surface area contributed by atoms with Crippen molar-refractivity contribution in [1.29, 1.82) is 0 Å². The van der Waals surface area contributed by atoms with Crippen molar-refractivity contribution in [2.75, 3.05) is 6.61 Å². The van der Waals surface area contributed by atoms with E-state index >= 15 is 0 Å². The van der Waals surface area contributed by atoms with E-state index in [1.54, 1.807) is 25.3 Å². The lowest BCUT2D eigenvalue weighted by molar-refractivity contribution is -0.147. The number of hydrogen-bond donors (Lipinski definition) is 2. The molecule has 0 aromatic heterocycles. The molecule has 2 aromatic carbocycles. The van der Waals surface area contributed by atoms with Gasteiger partial charge in [-0.05, 0) is 55.0 Å². The van der Waals surface area contributed by atoms with Crippen LogP contribution in [-0.4, -0.2) is 30.7 Å². The van der Waals surface area contributed by atoms with Gasteiger partial charge in [0.15, 0.2) is 0 Å². The molecule has 0 fully saturated rings. The third-order valence-corrected chi connectivity index (χ3v) is 4.56. The number of rotatable bonds is 11. The molecule has 0 aliphatic heterocycles. The summed E-state index contributed by atoms with van der Waals surface area (Å²) in [5.41, 5.74) is 2.72. The van der Waals surface area contributed by atoms with Crippen LogP contribution in [-0.2, 0) is 27.2 Å². The van der Waals surface area contributed by atoms with Crippen molar-refractivity contribution in [3.63, 3.8) is 0 Å². The van der Waals surface area contributed by atoms with Gasteiger partial charge in [0.25, 0.3) is 0 Å².